The van der Waals surface area contributed by atoms with Crippen molar-refractivity contribution >= 4 is 23.2 Å². The lowest BCUT2D eigenvalue weighted by molar-refractivity contribution is -0.115. The van der Waals surface area contributed by atoms with Gasteiger partial charge < -0.3 is 15.3 Å². The van der Waals surface area contributed by atoms with Gasteiger partial charge in [-0.05, 0) is 37.5 Å². The Morgan fingerprint density at radius 1 is 1.35 bits per heavy atom. The largest absolute Gasteiger partial charge is 0.405 e. The fourth-order valence-corrected chi connectivity index (χ4v) is 2.67. The van der Waals surface area contributed by atoms with Crippen LogP contribution in [-0.2, 0) is 0 Å². The van der Waals surface area contributed by atoms with Crippen LogP contribution < -0.4 is 5.32 Å². The molecule has 0 saturated carbocycles. The molecule has 1 heterocycles. The van der Waals surface area contributed by atoms with Gasteiger partial charge in [0.1, 0.15) is 6.54 Å². The Morgan fingerprint density at radius 3 is 2.78 bits per heavy atom. The first kappa shape index (κ1) is 17.9. The lowest BCUT2D eigenvalue weighted by atomic mass is 10.1. The standard InChI is InChI=1S/C15H18ClF3N2O2/c16-10-3-4-12(13(8-10)20-9-15(17,18)19)14(23)21-6-1-2-11(22)5-7-21/h3-4,8,11,20,22H,1-2,5-7,9H2. The highest BCUT2D eigenvalue weighted by atomic mass is 35.5. The zero-order valence-electron chi connectivity index (χ0n) is 12.4. The number of nitrogens with zero attached hydrogens (tertiary/aromatic N) is 1. The zero-order valence-corrected chi connectivity index (χ0v) is 13.1. The number of likely N-dealkylation sites (tertiary alicyclic amines) is 1. The van der Waals surface area contributed by atoms with E-state index in [1.807, 2.05) is 0 Å². The van der Waals surface area contributed by atoms with E-state index in [0.29, 0.717) is 32.4 Å². The monoisotopic (exact) mass is 350 g/mol. The average Bonchev–Trinajstić information content (AvgIpc) is 2.68. The normalized spacial score (nSPS) is 19.3. The van der Waals surface area contributed by atoms with E-state index >= 15 is 0 Å². The molecule has 1 fully saturated rings. The fourth-order valence-electron chi connectivity index (χ4n) is 2.50. The van der Waals surface area contributed by atoms with Crippen molar-refractivity contribution in [3.8, 4) is 0 Å². The summed E-state index contributed by atoms with van der Waals surface area (Å²) in [6, 6.07) is 4.21. The molecule has 0 spiro atoms. The number of alkyl halides is 3. The van der Waals surface area contributed by atoms with E-state index in [-0.39, 0.29) is 22.2 Å². The molecule has 1 aromatic rings. The summed E-state index contributed by atoms with van der Waals surface area (Å²) in [5.41, 5.74) is 0.208. The summed E-state index contributed by atoms with van der Waals surface area (Å²) >= 11 is 5.82. The SMILES string of the molecule is O=C(c1ccc(Cl)cc1NCC(F)(F)F)N1CCCC(O)CC1. The molecule has 1 atom stereocenters. The Labute approximate surface area is 137 Å². The maximum atomic E-state index is 12.6. The third-order valence-electron chi connectivity index (χ3n) is 3.68. The first-order valence-electron chi connectivity index (χ1n) is 7.34. The van der Waals surface area contributed by atoms with Gasteiger partial charge in [-0.3, -0.25) is 4.79 Å². The van der Waals surface area contributed by atoms with E-state index in [2.05, 4.69) is 5.32 Å². The third-order valence-corrected chi connectivity index (χ3v) is 3.91. The molecule has 0 bridgehead atoms. The van der Waals surface area contributed by atoms with Crippen molar-refractivity contribution < 1.29 is 23.1 Å². The van der Waals surface area contributed by atoms with Gasteiger partial charge in [-0.25, -0.2) is 0 Å². The van der Waals surface area contributed by atoms with E-state index in [0.717, 1.165) is 0 Å². The predicted octanol–water partition coefficient (Wildman–Crippen LogP) is 3.30. The van der Waals surface area contributed by atoms with Crippen molar-refractivity contribution in [2.45, 2.75) is 31.5 Å². The van der Waals surface area contributed by atoms with Gasteiger partial charge in [-0.15, -0.1) is 0 Å². The number of carbonyl (C=O) groups excluding carboxylic acids is 1. The number of carbonyl (C=O) groups is 1. The molecule has 0 radical (unpaired) electrons. The number of hydrogen-bond donors (Lipinski definition) is 2. The first-order valence-corrected chi connectivity index (χ1v) is 7.71. The van der Waals surface area contributed by atoms with Crippen LogP contribution in [0.25, 0.3) is 0 Å². The molecule has 0 aromatic heterocycles. The highest BCUT2D eigenvalue weighted by molar-refractivity contribution is 6.31. The highest BCUT2D eigenvalue weighted by Gasteiger charge is 2.28. The Kier molecular flexibility index (Phi) is 5.75. The summed E-state index contributed by atoms with van der Waals surface area (Å²) in [5.74, 6) is -0.361. The maximum absolute atomic E-state index is 12.6. The van der Waals surface area contributed by atoms with Gasteiger partial charge in [0.15, 0.2) is 0 Å². The Hall–Kier alpha value is -1.47. The second kappa shape index (κ2) is 7.40. The van der Waals surface area contributed by atoms with Crippen molar-refractivity contribution in [1.29, 1.82) is 0 Å². The Bertz CT molecular complexity index is 566. The van der Waals surface area contributed by atoms with Crippen LogP contribution in [0.15, 0.2) is 18.2 Å². The van der Waals surface area contributed by atoms with Crippen molar-refractivity contribution in [1.82, 2.24) is 4.90 Å². The number of nitrogens with one attached hydrogen (secondary N) is 1. The van der Waals surface area contributed by atoms with E-state index in [4.69, 9.17) is 11.6 Å². The van der Waals surface area contributed by atoms with Crippen LogP contribution in [0.2, 0.25) is 5.02 Å². The first-order chi connectivity index (χ1) is 10.8. The van der Waals surface area contributed by atoms with Crippen LogP contribution in [0.3, 0.4) is 0 Å². The fraction of sp³-hybridized carbons (Fsp3) is 0.533. The Balaban J connectivity index is 2.18. The summed E-state index contributed by atoms with van der Waals surface area (Å²) in [7, 11) is 0. The molecule has 2 N–H and O–H groups in total. The summed E-state index contributed by atoms with van der Waals surface area (Å²) < 4.78 is 37.2. The molecule has 1 amide bonds. The topological polar surface area (TPSA) is 52.6 Å². The van der Waals surface area contributed by atoms with Gasteiger partial charge in [0.2, 0.25) is 0 Å². The van der Waals surface area contributed by atoms with Gasteiger partial charge in [0, 0.05) is 23.8 Å². The van der Waals surface area contributed by atoms with Crippen LogP contribution in [0, 0.1) is 0 Å². The lowest BCUT2D eigenvalue weighted by Crippen LogP contribution is -2.33. The van der Waals surface area contributed by atoms with Crippen LogP contribution in [0.5, 0.6) is 0 Å². The van der Waals surface area contributed by atoms with E-state index in [9.17, 15) is 23.1 Å². The van der Waals surface area contributed by atoms with Gasteiger partial charge in [0.25, 0.3) is 5.91 Å². The zero-order chi connectivity index (χ0) is 17.0. The smallest absolute Gasteiger partial charge is 0.393 e. The van der Waals surface area contributed by atoms with E-state index < -0.39 is 18.8 Å². The number of amides is 1. The number of halogens is 4. The molecule has 1 unspecified atom stereocenters. The van der Waals surface area contributed by atoms with Crippen molar-refractivity contribution in [2.75, 3.05) is 25.0 Å². The van der Waals surface area contributed by atoms with Crippen molar-refractivity contribution in [3.63, 3.8) is 0 Å². The molecular weight excluding hydrogens is 333 g/mol. The van der Waals surface area contributed by atoms with Crippen LogP contribution in [-0.4, -0.2) is 47.8 Å². The number of aliphatic hydroxyl groups is 1. The summed E-state index contributed by atoms with van der Waals surface area (Å²) in [5, 5.41) is 12.1. The minimum atomic E-state index is -4.39. The molecule has 1 saturated heterocycles. The molecule has 4 nitrogen and oxygen atoms in total. The molecule has 2 rings (SSSR count). The molecule has 1 aliphatic rings. The maximum Gasteiger partial charge on any atom is 0.405 e. The summed E-state index contributed by atoms with van der Waals surface area (Å²) in [6.45, 7) is -0.398. The second-order valence-corrected chi connectivity index (χ2v) is 5.97. The van der Waals surface area contributed by atoms with Gasteiger partial charge in [-0.1, -0.05) is 11.6 Å². The molecule has 8 heteroatoms. The Morgan fingerprint density at radius 2 is 2.09 bits per heavy atom. The predicted molar refractivity (Wildman–Crippen MR) is 81.8 cm³/mol. The minimum Gasteiger partial charge on any atom is -0.393 e. The summed E-state index contributed by atoms with van der Waals surface area (Å²) in [6.07, 6.45) is -3.10. The molecule has 0 aliphatic carbocycles. The number of aliphatic hydroxyl groups excluding tert-OH is 1. The van der Waals surface area contributed by atoms with Gasteiger partial charge in [-0.2, -0.15) is 13.2 Å². The molecule has 1 aliphatic heterocycles. The van der Waals surface area contributed by atoms with Gasteiger partial charge in [0.05, 0.1) is 11.7 Å². The van der Waals surface area contributed by atoms with Crippen molar-refractivity contribution in [3.05, 3.63) is 28.8 Å². The highest BCUT2D eigenvalue weighted by Crippen LogP contribution is 2.25. The number of hydrogen-bond acceptors (Lipinski definition) is 3. The number of benzene rings is 1. The molecule has 1 aromatic carbocycles. The van der Waals surface area contributed by atoms with Gasteiger partial charge >= 0.3 is 6.18 Å². The molecule has 128 valence electrons. The van der Waals surface area contributed by atoms with E-state index in [1.165, 1.54) is 18.2 Å². The second-order valence-electron chi connectivity index (χ2n) is 5.54. The number of rotatable bonds is 3. The molecule has 23 heavy (non-hydrogen) atoms. The summed E-state index contributed by atoms with van der Waals surface area (Å²) in [4.78, 5) is 14.1. The van der Waals surface area contributed by atoms with E-state index in [1.54, 1.807) is 4.90 Å². The molecular formula is C15H18ClF3N2O2. The third kappa shape index (κ3) is 5.28. The van der Waals surface area contributed by atoms with Crippen LogP contribution in [0.4, 0.5) is 18.9 Å². The van der Waals surface area contributed by atoms with Crippen LogP contribution in [0.1, 0.15) is 29.6 Å². The van der Waals surface area contributed by atoms with Crippen molar-refractivity contribution in [2.24, 2.45) is 0 Å². The lowest BCUT2D eigenvalue weighted by Gasteiger charge is -2.22. The minimum absolute atomic E-state index is 0.0598. The van der Waals surface area contributed by atoms with Crippen LogP contribution >= 0.6 is 11.6 Å². The number of anilines is 1. The average molecular weight is 351 g/mol. The quantitative estimate of drug-likeness (QED) is 0.879.